The van der Waals surface area contributed by atoms with Crippen molar-refractivity contribution < 1.29 is 14.3 Å². The Kier molecular flexibility index (Phi) is 6.76. The minimum atomic E-state index is -1.13. The quantitative estimate of drug-likeness (QED) is 0.754. The van der Waals surface area contributed by atoms with E-state index in [1.54, 1.807) is 0 Å². The first-order chi connectivity index (χ1) is 13.4. The molecule has 0 bridgehead atoms. The normalized spacial score (nSPS) is 27.3. The summed E-state index contributed by atoms with van der Waals surface area (Å²) in [6, 6.07) is 10.7. The molecule has 1 atom stereocenters. The molecule has 28 heavy (non-hydrogen) atoms. The van der Waals surface area contributed by atoms with Crippen molar-refractivity contribution in [3.63, 3.8) is 0 Å². The smallest absolute Gasteiger partial charge is 0.309 e. The minimum absolute atomic E-state index is 0.0680. The van der Waals surface area contributed by atoms with Gasteiger partial charge in [-0.15, -0.1) is 0 Å². The lowest BCUT2D eigenvalue weighted by molar-refractivity contribution is -0.177. The summed E-state index contributed by atoms with van der Waals surface area (Å²) in [7, 11) is 4.19. The Bertz CT molecular complexity index is 660. The molecule has 154 valence electrons. The summed E-state index contributed by atoms with van der Waals surface area (Å²) in [5.41, 5.74) is 5.90. The fraction of sp³-hybridized carbons (Fsp3) is 0.652. The molecule has 2 N–H and O–H groups in total. The van der Waals surface area contributed by atoms with Gasteiger partial charge in [-0.3, -0.25) is 9.59 Å². The predicted octanol–water partition coefficient (Wildman–Crippen LogP) is 3.83. The average Bonchev–Trinajstić information content (AvgIpc) is 2.70. The Hall–Kier alpha value is -1.88. The van der Waals surface area contributed by atoms with Crippen molar-refractivity contribution in [1.82, 2.24) is 4.90 Å². The summed E-state index contributed by atoms with van der Waals surface area (Å²) >= 11 is 0. The van der Waals surface area contributed by atoms with Gasteiger partial charge in [0.15, 0.2) is 5.60 Å². The van der Waals surface area contributed by atoms with Crippen LogP contribution in [0.1, 0.15) is 69.4 Å². The summed E-state index contributed by atoms with van der Waals surface area (Å²) in [4.78, 5) is 27.2. The molecule has 0 aliphatic heterocycles. The summed E-state index contributed by atoms with van der Waals surface area (Å²) in [5, 5.41) is 0. The van der Waals surface area contributed by atoms with Crippen LogP contribution in [0, 0.1) is 11.8 Å². The molecule has 0 saturated heterocycles. The van der Waals surface area contributed by atoms with Crippen molar-refractivity contribution in [3.05, 3.63) is 35.9 Å². The molecule has 5 nitrogen and oxygen atoms in total. The van der Waals surface area contributed by atoms with Crippen LogP contribution in [0.5, 0.6) is 0 Å². The molecule has 2 saturated carbocycles. The number of hydrogen-bond donors (Lipinski definition) is 1. The number of hydrogen-bond acceptors (Lipinski definition) is 4. The molecule has 1 amide bonds. The van der Waals surface area contributed by atoms with E-state index in [2.05, 4.69) is 43.3 Å². The van der Waals surface area contributed by atoms with Gasteiger partial charge >= 0.3 is 5.97 Å². The van der Waals surface area contributed by atoms with Crippen LogP contribution in [-0.4, -0.2) is 36.5 Å². The van der Waals surface area contributed by atoms with Crippen LogP contribution >= 0.6 is 0 Å². The van der Waals surface area contributed by atoms with Gasteiger partial charge in [0.1, 0.15) is 0 Å². The van der Waals surface area contributed by atoms with E-state index >= 15 is 0 Å². The monoisotopic (exact) mass is 386 g/mol. The average molecular weight is 387 g/mol. The lowest BCUT2D eigenvalue weighted by Crippen LogP contribution is -2.51. The molecule has 0 radical (unpaired) electrons. The number of nitrogens with two attached hydrogens (primary N) is 1. The highest BCUT2D eigenvalue weighted by Crippen LogP contribution is 2.43. The third kappa shape index (κ3) is 4.57. The maximum absolute atomic E-state index is 12.7. The van der Waals surface area contributed by atoms with E-state index in [1.807, 2.05) is 6.07 Å². The second-order valence-corrected chi connectivity index (χ2v) is 8.77. The van der Waals surface area contributed by atoms with Crippen molar-refractivity contribution >= 4 is 11.9 Å². The lowest BCUT2D eigenvalue weighted by atomic mass is 9.73. The van der Waals surface area contributed by atoms with Crippen LogP contribution in [0.15, 0.2) is 30.3 Å². The Balaban J connectivity index is 1.69. The van der Waals surface area contributed by atoms with Gasteiger partial charge in [0.25, 0.3) is 5.91 Å². The van der Waals surface area contributed by atoms with Gasteiger partial charge in [0.2, 0.25) is 0 Å². The van der Waals surface area contributed by atoms with E-state index in [-0.39, 0.29) is 17.9 Å². The van der Waals surface area contributed by atoms with Gasteiger partial charge in [0.05, 0.1) is 5.92 Å². The van der Waals surface area contributed by atoms with E-state index in [0.29, 0.717) is 18.8 Å². The molecule has 2 aliphatic rings. The van der Waals surface area contributed by atoms with Gasteiger partial charge in [0, 0.05) is 6.04 Å². The molecular weight excluding hydrogens is 352 g/mol. The number of carbonyl (C=O) groups excluding carboxylic acids is 2. The zero-order valence-corrected chi connectivity index (χ0v) is 17.2. The number of ether oxygens (including phenoxy) is 1. The van der Waals surface area contributed by atoms with Gasteiger partial charge < -0.3 is 15.4 Å². The second-order valence-electron chi connectivity index (χ2n) is 8.77. The fourth-order valence-corrected chi connectivity index (χ4v) is 5.08. The van der Waals surface area contributed by atoms with E-state index in [0.717, 1.165) is 38.5 Å². The summed E-state index contributed by atoms with van der Waals surface area (Å²) in [6.07, 6.45) is 7.71. The largest absolute Gasteiger partial charge is 0.449 e. The zero-order chi connectivity index (χ0) is 20.1. The van der Waals surface area contributed by atoms with Crippen molar-refractivity contribution in [2.45, 2.75) is 69.4 Å². The van der Waals surface area contributed by atoms with Crippen LogP contribution in [0.25, 0.3) is 0 Å². The lowest BCUT2D eigenvalue weighted by Gasteiger charge is -2.42. The van der Waals surface area contributed by atoms with Crippen LogP contribution in [0.4, 0.5) is 0 Å². The first kappa shape index (κ1) is 20.8. The summed E-state index contributed by atoms with van der Waals surface area (Å²) in [5.74, 6) is -0.375. The van der Waals surface area contributed by atoms with Crippen LogP contribution < -0.4 is 5.73 Å². The van der Waals surface area contributed by atoms with Gasteiger partial charge in [-0.05, 0) is 64.1 Å². The molecule has 1 aromatic rings. The Morgan fingerprint density at radius 3 is 2.18 bits per heavy atom. The molecule has 1 unspecified atom stereocenters. The van der Waals surface area contributed by atoms with Gasteiger partial charge in [-0.2, -0.15) is 0 Å². The van der Waals surface area contributed by atoms with Gasteiger partial charge in [-0.25, -0.2) is 0 Å². The van der Waals surface area contributed by atoms with E-state index in [9.17, 15) is 9.59 Å². The van der Waals surface area contributed by atoms with Crippen molar-refractivity contribution in [2.75, 3.05) is 14.1 Å². The second kappa shape index (κ2) is 9.08. The third-order valence-electron chi connectivity index (χ3n) is 6.67. The topological polar surface area (TPSA) is 72.6 Å². The highest BCUT2D eigenvalue weighted by Gasteiger charge is 2.46. The molecule has 5 heteroatoms. The fourth-order valence-electron chi connectivity index (χ4n) is 5.08. The van der Waals surface area contributed by atoms with E-state index in [1.165, 1.54) is 12.0 Å². The van der Waals surface area contributed by atoms with E-state index < -0.39 is 11.5 Å². The molecule has 0 spiro atoms. The van der Waals surface area contributed by atoms with Gasteiger partial charge in [-0.1, -0.05) is 49.6 Å². The highest BCUT2D eigenvalue weighted by atomic mass is 16.6. The minimum Gasteiger partial charge on any atom is -0.449 e. The number of rotatable bonds is 6. The Morgan fingerprint density at radius 1 is 1.04 bits per heavy atom. The summed E-state index contributed by atoms with van der Waals surface area (Å²) in [6.45, 7) is 0. The number of benzene rings is 1. The molecule has 3 rings (SSSR count). The van der Waals surface area contributed by atoms with Crippen molar-refractivity contribution in [2.24, 2.45) is 17.6 Å². The van der Waals surface area contributed by atoms with Crippen LogP contribution in [-0.2, 0) is 14.3 Å². The third-order valence-corrected chi connectivity index (χ3v) is 6.67. The number of amides is 1. The maximum atomic E-state index is 12.7. The van der Waals surface area contributed by atoms with Crippen molar-refractivity contribution in [1.29, 1.82) is 0 Å². The SMILES string of the molecule is CN(C)C(c1ccccc1)C1CCC(OC(=O)C2CCCCC2)(C(N)=O)CC1. The predicted molar refractivity (Wildman–Crippen MR) is 109 cm³/mol. The number of primary amides is 1. The zero-order valence-electron chi connectivity index (χ0n) is 17.2. The first-order valence-corrected chi connectivity index (χ1v) is 10.7. The molecule has 0 aromatic heterocycles. The Morgan fingerprint density at radius 2 is 1.64 bits per heavy atom. The number of carbonyl (C=O) groups is 2. The molecule has 0 heterocycles. The number of nitrogens with zero attached hydrogens (tertiary/aromatic N) is 1. The molecular formula is C23H34N2O3. The first-order valence-electron chi connectivity index (χ1n) is 10.7. The number of esters is 1. The van der Waals surface area contributed by atoms with Crippen molar-refractivity contribution in [3.8, 4) is 0 Å². The molecule has 1 aromatic carbocycles. The Labute approximate surface area is 168 Å². The summed E-state index contributed by atoms with van der Waals surface area (Å²) < 4.78 is 5.85. The van der Waals surface area contributed by atoms with Crippen LogP contribution in [0.2, 0.25) is 0 Å². The molecule has 2 aliphatic carbocycles. The van der Waals surface area contributed by atoms with Crippen LogP contribution in [0.3, 0.4) is 0 Å². The standard InChI is InChI=1S/C23H34N2O3/c1-25(2)20(17-9-5-3-6-10-17)18-13-15-23(16-14-18,22(24)27)28-21(26)19-11-7-4-8-12-19/h3,5-6,9-10,18-20H,4,7-8,11-16H2,1-2H3,(H2,24,27). The molecule has 2 fully saturated rings. The maximum Gasteiger partial charge on any atom is 0.309 e. The highest BCUT2D eigenvalue weighted by molar-refractivity contribution is 5.87. The van der Waals surface area contributed by atoms with E-state index in [4.69, 9.17) is 10.5 Å².